The number of aliphatic hydroxyl groups excluding tert-OH is 1. The maximum absolute atomic E-state index is 12.7. The monoisotopic (exact) mass is 275 g/mol. The van der Waals surface area contributed by atoms with E-state index in [4.69, 9.17) is 0 Å². The molecule has 0 bridgehead atoms. The summed E-state index contributed by atoms with van der Waals surface area (Å²) in [5.41, 5.74) is 3.48. The summed E-state index contributed by atoms with van der Waals surface area (Å²) in [6, 6.07) is 6.30. The summed E-state index contributed by atoms with van der Waals surface area (Å²) >= 11 is 0. The molecule has 1 amide bonds. The van der Waals surface area contributed by atoms with Crippen LogP contribution in [0, 0.1) is 0 Å². The second-order valence-corrected chi connectivity index (χ2v) is 5.53. The van der Waals surface area contributed by atoms with Crippen LogP contribution in [0.4, 0.5) is 0 Å². The van der Waals surface area contributed by atoms with Crippen LogP contribution in [-0.4, -0.2) is 35.1 Å². The van der Waals surface area contributed by atoms with Crippen molar-refractivity contribution in [3.05, 3.63) is 34.9 Å². The first-order chi connectivity index (χ1) is 9.71. The van der Waals surface area contributed by atoms with Gasteiger partial charge in [-0.1, -0.05) is 19.9 Å². The quantitative estimate of drug-likeness (QED) is 0.867. The van der Waals surface area contributed by atoms with E-state index < -0.39 is 0 Å². The molecule has 1 aromatic rings. The van der Waals surface area contributed by atoms with E-state index in [2.05, 4.69) is 26.0 Å². The Bertz CT molecular complexity index is 466. The fraction of sp³-hybridized carbons (Fsp3) is 0.588. The van der Waals surface area contributed by atoms with Crippen LogP contribution in [-0.2, 0) is 12.8 Å². The Kier molecular flexibility index (Phi) is 5.18. The molecule has 0 unspecified atom stereocenters. The fourth-order valence-electron chi connectivity index (χ4n) is 3.16. The van der Waals surface area contributed by atoms with Crippen molar-refractivity contribution >= 4 is 5.91 Å². The van der Waals surface area contributed by atoms with Gasteiger partial charge in [-0.3, -0.25) is 4.79 Å². The van der Waals surface area contributed by atoms with E-state index in [1.54, 1.807) is 0 Å². The highest BCUT2D eigenvalue weighted by atomic mass is 16.3. The van der Waals surface area contributed by atoms with Crippen molar-refractivity contribution in [3.63, 3.8) is 0 Å². The molecule has 110 valence electrons. The molecule has 2 rings (SSSR count). The lowest BCUT2D eigenvalue weighted by Gasteiger charge is -2.30. The third-order valence-corrected chi connectivity index (χ3v) is 4.33. The summed E-state index contributed by atoms with van der Waals surface area (Å²) in [6.45, 7) is 4.62. The van der Waals surface area contributed by atoms with E-state index >= 15 is 0 Å². The molecule has 0 spiro atoms. The molecule has 0 aliphatic heterocycles. The third-order valence-electron chi connectivity index (χ3n) is 4.33. The number of rotatable bonds is 6. The van der Waals surface area contributed by atoms with Crippen molar-refractivity contribution in [3.8, 4) is 0 Å². The minimum Gasteiger partial charge on any atom is -0.395 e. The van der Waals surface area contributed by atoms with Gasteiger partial charge in [0.1, 0.15) is 0 Å². The summed E-state index contributed by atoms with van der Waals surface area (Å²) in [7, 11) is 0. The Hall–Kier alpha value is -1.35. The molecule has 1 aliphatic rings. The molecule has 0 fully saturated rings. The van der Waals surface area contributed by atoms with Crippen LogP contribution in [0.15, 0.2) is 18.2 Å². The zero-order chi connectivity index (χ0) is 14.5. The van der Waals surface area contributed by atoms with Gasteiger partial charge in [0.25, 0.3) is 5.91 Å². The molecule has 0 heterocycles. The molecule has 1 aliphatic carbocycles. The van der Waals surface area contributed by atoms with E-state index in [1.807, 2.05) is 11.0 Å². The predicted octanol–water partition coefficient (Wildman–Crippen LogP) is 2.80. The highest BCUT2D eigenvalue weighted by molar-refractivity contribution is 5.94. The lowest BCUT2D eigenvalue weighted by atomic mass is 10.0. The van der Waals surface area contributed by atoms with Crippen molar-refractivity contribution in [2.75, 3.05) is 13.2 Å². The number of aryl methyl sites for hydroxylation is 2. The van der Waals surface area contributed by atoms with Crippen molar-refractivity contribution in [1.82, 2.24) is 4.90 Å². The zero-order valence-corrected chi connectivity index (χ0v) is 12.6. The molecule has 20 heavy (non-hydrogen) atoms. The summed E-state index contributed by atoms with van der Waals surface area (Å²) in [6.07, 6.45) is 5.26. The van der Waals surface area contributed by atoms with E-state index in [1.165, 1.54) is 17.5 Å². The molecule has 0 saturated carbocycles. The Balaban J connectivity index is 2.22. The number of benzene rings is 1. The highest BCUT2D eigenvalue weighted by Gasteiger charge is 2.23. The summed E-state index contributed by atoms with van der Waals surface area (Å²) in [4.78, 5) is 14.5. The second kappa shape index (κ2) is 6.89. The van der Waals surface area contributed by atoms with Crippen LogP contribution >= 0.6 is 0 Å². The van der Waals surface area contributed by atoms with Crippen LogP contribution in [0.2, 0.25) is 0 Å². The maximum Gasteiger partial charge on any atom is 0.254 e. The first kappa shape index (κ1) is 15.0. The molecule has 3 heteroatoms. The van der Waals surface area contributed by atoms with Crippen LogP contribution in [0.25, 0.3) is 0 Å². The minimum absolute atomic E-state index is 0.0210. The molecule has 0 radical (unpaired) electrons. The van der Waals surface area contributed by atoms with Gasteiger partial charge in [0.15, 0.2) is 0 Å². The smallest absolute Gasteiger partial charge is 0.254 e. The summed E-state index contributed by atoms with van der Waals surface area (Å²) in [5, 5.41) is 9.23. The lowest BCUT2D eigenvalue weighted by molar-refractivity contribution is 0.0622. The lowest BCUT2D eigenvalue weighted by Crippen LogP contribution is -2.41. The zero-order valence-electron chi connectivity index (χ0n) is 12.6. The summed E-state index contributed by atoms with van der Waals surface area (Å²) in [5.74, 6) is 0.0578. The molecule has 1 aromatic carbocycles. The van der Waals surface area contributed by atoms with Gasteiger partial charge in [-0.05, 0) is 55.4 Å². The van der Waals surface area contributed by atoms with Gasteiger partial charge in [0, 0.05) is 18.2 Å². The number of carbonyl (C=O) groups excluding carboxylic acids is 1. The average molecular weight is 275 g/mol. The van der Waals surface area contributed by atoms with Crippen LogP contribution in [0.3, 0.4) is 0 Å². The molecule has 0 atom stereocenters. The minimum atomic E-state index is 0.0210. The molecular formula is C17H25NO2. The normalized spacial score (nSPS) is 13.6. The van der Waals surface area contributed by atoms with Crippen LogP contribution < -0.4 is 0 Å². The fourth-order valence-corrected chi connectivity index (χ4v) is 3.16. The van der Waals surface area contributed by atoms with Crippen molar-refractivity contribution in [1.29, 1.82) is 0 Å². The van der Waals surface area contributed by atoms with Gasteiger partial charge in [0.2, 0.25) is 0 Å². The number of hydrogen-bond acceptors (Lipinski definition) is 2. The standard InChI is InChI=1S/C17H25NO2/c1-3-16(4-2)18(10-11-19)17(20)15-9-8-13-6-5-7-14(13)12-15/h8-9,12,16,19H,3-7,10-11H2,1-2H3. The topological polar surface area (TPSA) is 40.5 Å². The molecule has 1 N–H and O–H groups in total. The van der Waals surface area contributed by atoms with Crippen molar-refractivity contribution < 1.29 is 9.90 Å². The number of nitrogens with zero attached hydrogens (tertiary/aromatic N) is 1. The van der Waals surface area contributed by atoms with Gasteiger partial charge in [0.05, 0.1) is 6.61 Å². The SMILES string of the molecule is CCC(CC)N(CCO)C(=O)c1ccc2c(c1)CCC2. The van der Waals surface area contributed by atoms with Gasteiger partial charge in [-0.15, -0.1) is 0 Å². The Morgan fingerprint density at radius 1 is 1.25 bits per heavy atom. The first-order valence-corrected chi connectivity index (χ1v) is 7.74. The largest absolute Gasteiger partial charge is 0.395 e. The Morgan fingerprint density at radius 2 is 1.95 bits per heavy atom. The maximum atomic E-state index is 12.7. The van der Waals surface area contributed by atoms with Gasteiger partial charge >= 0.3 is 0 Å². The Labute approximate surface area is 121 Å². The third kappa shape index (κ3) is 3.04. The van der Waals surface area contributed by atoms with E-state index in [0.717, 1.165) is 31.2 Å². The van der Waals surface area contributed by atoms with Crippen molar-refractivity contribution in [2.24, 2.45) is 0 Å². The molecular weight excluding hydrogens is 250 g/mol. The molecule has 0 aromatic heterocycles. The number of fused-ring (bicyclic) bond motifs is 1. The number of amides is 1. The molecule has 3 nitrogen and oxygen atoms in total. The van der Waals surface area contributed by atoms with E-state index in [-0.39, 0.29) is 18.6 Å². The van der Waals surface area contributed by atoms with Crippen LogP contribution in [0.1, 0.15) is 54.6 Å². The Morgan fingerprint density at radius 3 is 2.60 bits per heavy atom. The van der Waals surface area contributed by atoms with Gasteiger partial charge < -0.3 is 10.0 Å². The number of aliphatic hydroxyl groups is 1. The second-order valence-electron chi connectivity index (χ2n) is 5.53. The highest BCUT2D eigenvalue weighted by Crippen LogP contribution is 2.24. The first-order valence-electron chi connectivity index (χ1n) is 7.74. The van der Waals surface area contributed by atoms with E-state index in [9.17, 15) is 9.90 Å². The van der Waals surface area contributed by atoms with Gasteiger partial charge in [-0.25, -0.2) is 0 Å². The van der Waals surface area contributed by atoms with Crippen molar-refractivity contribution in [2.45, 2.75) is 52.0 Å². The molecule has 0 saturated heterocycles. The van der Waals surface area contributed by atoms with Crippen LogP contribution in [0.5, 0.6) is 0 Å². The summed E-state index contributed by atoms with van der Waals surface area (Å²) < 4.78 is 0. The predicted molar refractivity (Wildman–Crippen MR) is 81.0 cm³/mol. The van der Waals surface area contributed by atoms with Gasteiger partial charge in [-0.2, -0.15) is 0 Å². The number of carbonyl (C=O) groups is 1. The van der Waals surface area contributed by atoms with E-state index in [0.29, 0.717) is 6.54 Å². The average Bonchev–Trinajstić information content (AvgIpc) is 2.94. The number of hydrogen-bond donors (Lipinski definition) is 1.